The quantitative estimate of drug-likeness (QED) is 0.671. The lowest BCUT2D eigenvalue weighted by molar-refractivity contribution is -0.117. The van der Waals surface area contributed by atoms with Crippen LogP contribution in [0.25, 0.3) is 0 Å². The largest absolute Gasteiger partial charge is 0.373 e. The fourth-order valence-corrected chi connectivity index (χ4v) is 4.64. The minimum absolute atomic E-state index is 0.0845. The molecular weight excluding hydrogens is 441 g/mol. The van der Waals surface area contributed by atoms with Crippen LogP contribution in [0.5, 0.6) is 0 Å². The van der Waals surface area contributed by atoms with E-state index < -0.39 is 0 Å². The van der Waals surface area contributed by atoms with Crippen LogP contribution in [0.15, 0.2) is 24.3 Å². The second kappa shape index (κ2) is 9.48. The molecule has 0 radical (unpaired) electrons. The van der Waals surface area contributed by atoms with Gasteiger partial charge in [-0.15, -0.1) is 0 Å². The van der Waals surface area contributed by atoms with Gasteiger partial charge in [-0.3, -0.25) is 14.6 Å². The lowest BCUT2D eigenvalue weighted by Crippen LogP contribution is -2.48. The SMILES string of the molecule is C[C@@H]1CN(CC2CCN(CC(=O)Nc3cccc(I)c3)CC2)C[C@H](C)O1. The molecule has 0 spiro atoms. The molecule has 5 nitrogen and oxygen atoms in total. The van der Waals surface area contributed by atoms with E-state index in [1.165, 1.54) is 19.4 Å². The number of piperidine rings is 1. The fourth-order valence-electron chi connectivity index (χ4n) is 4.10. The molecule has 0 aromatic heterocycles. The first-order chi connectivity index (χ1) is 12.5. The molecule has 1 aromatic carbocycles. The fraction of sp³-hybridized carbons (Fsp3) is 0.650. The van der Waals surface area contributed by atoms with Crippen LogP contribution in [0, 0.1) is 9.49 Å². The van der Waals surface area contributed by atoms with Gasteiger partial charge in [0.2, 0.25) is 5.91 Å². The summed E-state index contributed by atoms with van der Waals surface area (Å²) in [6, 6.07) is 7.93. The van der Waals surface area contributed by atoms with E-state index in [4.69, 9.17) is 4.74 Å². The first-order valence-corrected chi connectivity index (χ1v) is 10.7. The third-order valence-electron chi connectivity index (χ3n) is 5.19. The highest BCUT2D eigenvalue weighted by atomic mass is 127. The highest BCUT2D eigenvalue weighted by Crippen LogP contribution is 2.21. The van der Waals surface area contributed by atoms with Crippen molar-refractivity contribution in [2.75, 3.05) is 44.6 Å². The van der Waals surface area contributed by atoms with Crippen molar-refractivity contribution in [1.29, 1.82) is 0 Å². The Labute approximate surface area is 170 Å². The minimum atomic E-state index is 0.0845. The maximum Gasteiger partial charge on any atom is 0.238 e. The van der Waals surface area contributed by atoms with Gasteiger partial charge >= 0.3 is 0 Å². The van der Waals surface area contributed by atoms with Crippen molar-refractivity contribution < 1.29 is 9.53 Å². The van der Waals surface area contributed by atoms with Crippen molar-refractivity contribution in [3.63, 3.8) is 0 Å². The molecule has 0 aliphatic carbocycles. The van der Waals surface area contributed by atoms with Gasteiger partial charge in [-0.1, -0.05) is 6.07 Å². The van der Waals surface area contributed by atoms with Crippen molar-refractivity contribution in [2.45, 2.75) is 38.9 Å². The summed E-state index contributed by atoms with van der Waals surface area (Å²) < 4.78 is 6.96. The first-order valence-electron chi connectivity index (χ1n) is 9.63. The predicted octanol–water partition coefficient (Wildman–Crippen LogP) is 3.05. The highest BCUT2D eigenvalue weighted by Gasteiger charge is 2.27. The van der Waals surface area contributed by atoms with Gasteiger partial charge in [0.05, 0.1) is 18.8 Å². The number of hydrogen-bond acceptors (Lipinski definition) is 4. The minimum Gasteiger partial charge on any atom is -0.373 e. The molecule has 0 bridgehead atoms. The van der Waals surface area contributed by atoms with E-state index in [1.54, 1.807) is 0 Å². The Morgan fingerprint density at radius 3 is 2.54 bits per heavy atom. The molecule has 1 aromatic rings. The second-order valence-electron chi connectivity index (χ2n) is 7.75. The Bertz CT molecular complexity index is 594. The van der Waals surface area contributed by atoms with Gasteiger partial charge in [-0.25, -0.2) is 0 Å². The topological polar surface area (TPSA) is 44.8 Å². The molecule has 2 saturated heterocycles. The molecule has 3 rings (SSSR count). The number of carbonyl (C=O) groups excluding carboxylic acids is 1. The smallest absolute Gasteiger partial charge is 0.238 e. The molecule has 26 heavy (non-hydrogen) atoms. The van der Waals surface area contributed by atoms with Crippen molar-refractivity contribution in [3.8, 4) is 0 Å². The van der Waals surface area contributed by atoms with Gasteiger partial charge in [0.25, 0.3) is 0 Å². The Morgan fingerprint density at radius 2 is 1.88 bits per heavy atom. The molecule has 0 saturated carbocycles. The van der Waals surface area contributed by atoms with Gasteiger partial charge < -0.3 is 10.1 Å². The van der Waals surface area contributed by atoms with E-state index >= 15 is 0 Å². The van der Waals surface area contributed by atoms with E-state index in [1.807, 2.05) is 24.3 Å². The van der Waals surface area contributed by atoms with Crippen molar-refractivity contribution in [1.82, 2.24) is 9.80 Å². The van der Waals surface area contributed by atoms with Gasteiger partial charge in [0, 0.05) is 28.9 Å². The van der Waals surface area contributed by atoms with Crippen LogP contribution >= 0.6 is 22.6 Å². The predicted molar refractivity (Wildman–Crippen MR) is 113 cm³/mol. The van der Waals surface area contributed by atoms with E-state index in [-0.39, 0.29) is 5.91 Å². The number of likely N-dealkylation sites (tertiary alicyclic amines) is 1. The average molecular weight is 471 g/mol. The number of rotatable bonds is 5. The van der Waals surface area contributed by atoms with Crippen LogP contribution in [0.1, 0.15) is 26.7 Å². The molecular formula is C20H30IN3O2. The standard InChI is InChI=1S/C20H30IN3O2/c1-15-11-24(12-16(2)26-15)13-17-6-8-23(9-7-17)14-20(25)22-19-5-3-4-18(21)10-19/h3-5,10,15-17H,6-9,11-14H2,1-2H3,(H,22,25)/t15-,16+. The molecule has 2 atom stereocenters. The number of nitrogens with zero attached hydrogens (tertiary/aromatic N) is 2. The van der Waals surface area contributed by atoms with Gasteiger partial charge in [-0.2, -0.15) is 0 Å². The summed E-state index contributed by atoms with van der Waals surface area (Å²) in [7, 11) is 0. The lowest BCUT2D eigenvalue weighted by Gasteiger charge is -2.39. The Morgan fingerprint density at radius 1 is 1.19 bits per heavy atom. The van der Waals surface area contributed by atoms with E-state index in [2.05, 4.69) is 51.6 Å². The normalized spacial score (nSPS) is 26.0. The summed E-state index contributed by atoms with van der Waals surface area (Å²) in [5.41, 5.74) is 0.882. The van der Waals surface area contributed by atoms with Gasteiger partial charge in [0.15, 0.2) is 0 Å². The van der Waals surface area contributed by atoms with Gasteiger partial charge in [0.1, 0.15) is 0 Å². The van der Waals surface area contributed by atoms with Crippen LogP contribution in [-0.4, -0.2) is 67.2 Å². The summed E-state index contributed by atoms with van der Waals surface area (Å²) in [5, 5.41) is 3.01. The van der Waals surface area contributed by atoms with E-state index in [0.29, 0.717) is 18.8 Å². The van der Waals surface area contributed by atoms with E-state index in [9.17, 15) is 4.79 Å². The highest BCUT2D eigenvalue weighted by molar-refractivity contribution is 14.1. The maximum absolute atomic E-state index is 12.3. The summed E-state index contributed by atoms with van der Waals surface area (Å²) in [6.45, 7) is 10.1. The van der Waals surface area contributed by atoms with Crippen LogP contribution in [-0.2, 0) is 9.53 Å². The van der Waals surface area contributed by atoms with Crippen LogP contribution in [0.3, 0.4) is 0 Å². The molecule has 2 fully saturated rings. The number of amides is 1. The van der Waals surface area contributed by atoms with Crippen molar-refractivity contribution in [3.05, 3.63) is 27.8 Å². The molecule has 0 unspecified atom stereocenters. The zero-order valence-electron chi connectivity index (χ0n) is 15.8. The molecule has 2 aliphatic heterocycles. The third-order valence-corrected chi connectivity index (χ3v) is 5.87. The number of anilines is 1. The maximum atomic E-state index is 12.3. The number of benzene rings is 1. The Balaban J connectivity index is 1.39. The third kappa shape index (κ3) is 6.18. The Kier molecular flexibility index (Phi) is 7.31. The van der Waals surface area contributed by atoms with Crippen LogP contribution in [0.2, 0.25) is 0 Å². The van der Waals surface area contributed by atoms with Crippen molar-refractivity contribution >= 4 is 34.2 Å². The Hall–Kier alpha value is -0.700. The molecule has 6 heteroatoms. The number of morpholine rings is 1. The molecule has 2 aliphatic rings. The zero-order chi connectivity index (χ0) is 18.5. The zero-order valence-corrected chi connectivity index (χ0v) is 17.9. The lowest BCUT2D eigenvalue weighted by atomic mass is 9.95. The monoisotopic (exact) mass is 471 g/mol. The average Bonchev–Trinajstić information content (AvgIpc) is 2.55. The number of nitrogens with one attached hydrogen (secondary N) is 1. The number of ether oxygens (including phenoxy) is 1. The second-order valence-corrected chi connectivity index (χ2v) is 9.00. The van der Waals surface area contributed by atoms with Crippen molar-refractivity contribution in [2.24, 2.45) is 5.92 Å². The van der Waals surface area contributed by atoms with Crippen LogP contribution in [0.4, 0.5) is 5.69 Å². The first kappa shape index (κ1) is 20.0. The molecule has 2 heterocycles. The molecule has 1 N–H and O–H groups in total. The van der Waals surface area contributed by atoms with Gasteiger partial charge in [-0.05, 0) is 86.5 Å². The number of hydrogen-bond donors (Lipinski definition) is 1. The number of carbonyl (C=O) groups is 1. The summed E-state index contributed by atoms with van der Waals surface area (Å²) >= 11 is 2.26. The van der Waals surface area contributed by atoms with Crippen LogP contribution < -0.4 is 5.32 Å². The summed E-state index contributed by atoms with van der Waals surface area (Å²) in [5.74, 6) is 0.823. The summed E-state index contributed by atoms with van der Waals surface area (Å²) in [4.78, 5) is 17.1. The van der Waals surface area contributed by atoms with E-state index in [0.717, 1.165) is 41.4 Å². The molecule has 144 valence electrons. The summed E-state index contributed by atoms with van der Waals surface area (Å²) in [6.07, 6.45) is 3.03. The number of halogens is 1. The molecule has 1 amide bonds.